The fourth-order valence-corrected chi connectivity index (χ4v) is 2.62. The van der Waals surface area contributed by atoms with Crippen molar-refractivity contribution in [2.75, 3.05) is 20.2 Å². The summed E-state index contributed by atoms with van der Waals surface area (Å²) in [6.45, 7) is 4.84. The predicted molar refractivity (Wildman–Crippen MR) is 113 cm³/mol. The zero-order valence-electron chi connectivity index (χ0n) is 16.2. The summed E-state index contributed by atoms with van der Waals surface area (Å²) in [6.07, 6.45) is -4.44. The molecule has 2 aromatic rings. The predicted octanol–water partition coefficient (Wildman–Crippen LogP) is 3.42. The first-order valence-corrected chi connectivity index (χ1v) is 8.46. The number of hydrogen-bond donors (Lipinski definition) is 2. The molecule has 0 aliphatic carbocycles. The maximum Gasteiger partial charge on any atom is 0.419 e. The Morgan fingerprint density at radius 3 is 2.46 bits per heavy atom. The number of aromatic nitrogens is 2. The minimum absolute atomic E-state index is 0. The Morgan fingerprint density at radius 2 is 1.89 bits per heavy atom. The molecule has 0 fully saturated rings. The molecule has 0 bridgehead atoms. The third-order valence-electron chi connectivity index (χ3n) is 4.16. The fourth-order valence-electron chi connectivity index (χ4n) is 2.62. The highest BCUT2D eigenvalue weighted by Gasteiger charge is 2.33. The van der Waals surface area contributed by atoms with Crippen LogP contribution in [0.2, 0.25) is 0 Å². The largest absolute Gasteiger partial charge is 0.491 e. The molecule has 0 amide bonds. The van der Waals surface area contributed by atoms with Crippen LogP contribution in [0.5, 0.6) is 5.75 Å². The average molecular weight is 511 g/mol. The number of rotatable bonds is 6. The molecule has 28 heavy (non-hydrogen) atoms. The Hall–Kier alpha value is -1.98. The Bertz CT molecular complexity index is 805. The van der Waals surface area contributed by atoms with E-state index in [0.29, 0.717) is 19.0 Å². The molecule has 0 unspecified atom stereocenters. The van der Waals surface area contributed by atoms with Crippen LogP contribution in [0.1, 0.15) is 22.5 Å². The molecule has 0 aliphatic rings. The van der Waals surface area contributed by atoms with Crippen LogP contribution in [-0.4, -0.2) is 35.9 Å². The van der Waals surface area contributed by atoms with Gasteiger partial charge in [0, 0.05) is 31.9 Å². The van der Waals surface area contributed by atoms with Crippen molar-refractivity contribution in [1.82, 2.24) is 20.4 Å². The fraction of sp³-hybridized carbons (Fsp3) is 0.444. The van der Waals surface area contributed by atoms with E-state index in [9.17, 15) is 13.2 Å². The summed E-state index contributed by atoms with van der Waals surface area (Å²) in [5.74, 6) is 0.349. The van der Waals surface area contributed by atoms with Crippen molar-refractivity contribution in [3.05, 3.63) is 46.8 Å². The Kier molecular flexibility index (Phi) is 9.05. The van der Waals surface area contributed by atoms with Crippen molar-refractivity contribution in [3.8, 4) is 5.75 Å². The number of aliphatic imine (C=N–C) groups is 1. The van der Waals surface area contributed by atoms with Crippen LogP contribution in [0.4, 0.5) is 13.2 Å². The van der Waals surface area contributed by atoms with Crippen LogP contribution >= 0.6 is 24.0 Å². The van der Waals surface area contributed by atoms with Crippen molar-refractivity contribution in [2.45, 2.75) is 26.6 Å². The number of aryl methyl sites for hydroxylation is 2. The van der Waals surface area contributed by atoms with E-state index in [2.05, 4.69) is 20.7 Å². The number of halogens is 4. The average Bonchev–Trinajstić information content (AvgIpc) is 2.86. The molecule has 156 valence electrons. The quantitative estimate of drug-likeness (QED) is 0.270. The second kappa shape index (κ2) is 10.5. The van der Waals surface area contributed by atoms with Gasteiger partial charge in [-0.2, -0.15) is 18.3 Å². The van der Waals surface area contributed by atoms with Crippen molar-refractivity contribution in [2.24, 2.45) is 12.0 Å². The van der Waals surface area contributed by atoms with Crippen LogP contribution in [0.15, 0.2) is 29.3 Å². The highest BCUT2D eigenvalue weighted by molar-refractivity contribution is 14.0. The third-order valence-corrected chi connectivity index (χ3v) is 4.16. The topological polar surface area (TPSA) is 63.5 Å². The minimum atomic E-state index is -4.44. The molecule has 0 atom stereocenters. The summed E-state index contributed by atoms with van der Waals surface area (Å²) in [6, 6.07) is 5.16. The summed E-state index contributed by atoms with van der Waals surface area (Å²) in [5, 5.41) is 10.5. The maximum atomic E-state index is 12.9. The molecule has 2 rings (SSSR count). The minimum Gasteiger partial charge on any atom is -0.491 e. The third kappa shape index (κ3) is 6.28. The van der Waals surface area contributed by atoms with Crippen molar-refractivity contribution in [1.29, 1.82) is 0 Å². The number of benzene rings is 1. The lowest BCUT2D eigenvalue weighted by atomic mass is 10.2. The zero-order chi connectivity index (χ0) is 20.0. The maximum absolute atomic E-state index is 12.9. The molecule has 1 aromatic heterocycles. The number of ether oxygens (including phenoxy) is 1. The van der Waals surface area contributed by atoms with E-state index in [-0.39, 0.29) is 36.3 Å². The molecule has 0 saturated heterocycles. The second-order valence-corrected chi connectivity index (χ2v) is 5.97. The van der Waals surface area contributed by atoms with E-state index in [4.69, 9.17) is 4.74 Å². The molecule has 2 N–H and O–H groups in total. The summed E-state index contributed by atoms with van der Waals surface area (Å²) in [5.41, 5.74) is 2.29. The Balaban J connectivity index is 0.00000392. The number of alkyl halides is 3. The lowest BCUT2D eigenvalue weighted by molar-refractivity contribution is -0.138. The molecule has 0 aliphatic heterocycles. The van der Waals surface area contributed by atoms with E-state index in [1.807, 2.05) is 25.6 Å². The molecule has 1 aromatic carbocycles. The van der Waals surface area contributed by atoms with Crippen molar-refractivity contribution < 1.29 is 17.9 Å². The number of para-hydroxylation sites is 1. The SMILES string of the molecule is CN=C(NCCOc1ccccc1C(F)(F)F)NCc1c(C)nn(C)c1C.I. The summed E-state index contributed by atoms with van der Waals surface area (Å²) in [4.78, 5) is 4.10. The smallest absolute Gasteiger partial charge is 0.419 e. The highest BCUT2D eigenvalue weighted by atomic mass is 127. The van der Waals surface area contributed by atoms with Gasteiger partial charge in [0.1, 0.15) is 12.4 Å². The van der Waals surface area contributed by atoms with Crippen LogP contribution in [-0.2, 0) is 19.8 Å². The molecular formula is C18H25F3IN5O. The molecule has 0 spiro atoms. The van der Waals surface area contributed by atoms with Gasteiger partial charge in [0.15, 0.2) is 5.96 Å². The van der Waals surface area contributed by atoms with E-state index < -0.39 is 11.7 Å². The molecule has 10 heteroatoms. The van der Waals surface area contributed by atoms with Gasteiger partial charge in [-0.15, -0.1) is 24.0 Å². The first-order valence-electron chi connectivity index (χ1n) is 8.46. The highest BCUT2D eigenvalue weighted by Crippen LogP contribution is 2.35. The molecular weight excluding hydrogens is 486 g/mol. The summed E-state index contributed by atoms with van der Waals surface area (Å²) in [7, 11) is 3.51. The van der Waals surface area contributed by atoms with Crippen LogP contribution in [0, 0.1) is 13.8 Å². The van der Waals surface area contributed by atoms with Crippen LogP contribution in [0.3, 0.4) is 0 Å². The second-order valence-electron chi connectivity index (χ2n) is 5.97. The van der Waals surface area contributed by atoms with Gasteiger partial charge >= 0.3 is 6.18 Å². The van der Waals surface area contributed by atoms with Gasteiger partial charge < -0.3 is 15.4 Å². The Morgan fingerprint density at radius 1 is 1.21 bits per heavy atom. The van der Waals surface area contributed by atoms with E-state index >= 15 is 0 Å². The molecule has 0 radical (unpaired) electrons. The monoisotopic (exact) mass is 511 g/mol. The molecule has 0 saturated carbocycles. The van der Waals surface area contributed by atoms with Gasteiger partial charge in [-0.25, -0.2) is 0 Å². The molecule has 6 nitrogen and oxygen atoms in total. The van der Waals surface area contributed by atoms with E-state index in [0.717, 1.165) is 23.0 Å². The zero-order valence-corrected chi connectivity index (χ0v) is 18.6. The standard InChI is InChI=1S/C18H24F3N5O.HI/c1-12-14(13(2)26(4)25-12)11-24-17(22-3)23-9-10-27-16-8-6-5-7-15(16)18(19,20)21;/h5-8H,9-11H2,1-4H3,(H2,22,23,24);1H. The van der Waals surface area contributed by atoms with Crippen molar-refractivity contribution >= 4 is 29.9 Å². The molecule has 1 heterocycles. The van der Waals surface area contributed by atoms with Gasteiger partial charge in [-0.3, -0.25) is 9.67 Å². The summed E-state index contributed by atoms with van der Waals surface area (Å²) >= 11 is 0. The van der Waals surface area contributed by atoms with Gasteiger partial charge in [-0.1, -0.05) is 12.1 Å². The van der Waals surface area contributed by atoms with Gasteiger partial charge in [0.25, 0.3) is 0 Å². The van der Waals surface area contributed by atoms with Gasteiger partial charge in [-0.05, 0) is 26.0 Å². The van der Waals surface area contributed by atoms with Gasteiger partial charge in [0.05, 0.1) is 17.8 Å². The first kappa shape index (κ1) is 24.1. The lowest BCUT2D eigenvalue weighted by Gasteiger charge is -2.15. The Labute approximate surface area is 179 Å². The van der Waals surface area contributed by atoms with E-state index in [1.165, 1.54) is 18.2 Å². The lowest BCUT2D eigenvalue weighted by Crippen LogP contribution is -2.39. The van der Waals surface area contributed by atoms with E-state index in [1.54, 1.807) is 7.05 Å². The number of nitrogens with zero attached hydrogens (tertiary/aromatic N) is 3. The number of nitrogens with one attached hydrogen (secondary N) is 2. The number of hydrogen-bond acceptors (Lipinski definition) is 3. The summed E-state index contributed by atoms with van der Waals surface area (Å²) < 4.78 is 45.9. The number of guanidine groups is 1. The van der Waals surface area contributed by atoms with Crippen LogP contribution in [0.25, 0.3) is 0 Å². The normalized spacial score (nSPS) is 11.8. The van der Waals surface area contributed by atoms with Gasteiger partial charge in [0.2, 0.25) is 0 Å². The van der Waals surface area contributed by atoms with Crippen molar-refractivity contribution in [3.63, 3.8) is 0 Å². The van der Waals surface area contributed by atoms with Crippen LogP contribution < -0.4 is 15.4 Å². The first-order chi connectivity index (χ1) is 12.7.